The Kier molecular flexibility index (Phi) is 3.58. The van der Waals surface area contributed by atoms with Crippen molar-refractivity contribution in [1.82, 2.24) is 4.98 Å². The maximum Gasteiger partial charge on any atom is 0.119 e. The number of quaternary nitrogens is 1. The fourth-order valence-electron chi connectivity index (χ4n) is 0.860. The molecule has 1 heterocycles. The number of aliphatic hydroxyl groups excluding tert-OH is 1. The number of nitrogens with two attached hydrogens (primary N) is 1. The summed E-state index contributed by atoms with van der Waals surface area (Å²) in [6, 6.07) is 5.85. The predicted molar refractivity (Wildman–Crippen MR) is 41.8 cm³/mol. The quantitative estimate of drug-likeness (QED) is 0.553. The van der Waals surface area contributed by atoms with Crippen LogP contribution in [0.1, 0.15) is 5.69 Å². The zero-order valence-corrected chi connectivity index (χ0v) is 6.40. The lowest BCUT2D eigenvalue weighted by Crippen LogP contribution is -2.83. The van der Waals surface area contributed by atoms with Crippen LogP contribution in [0, 0.1) is 0 Å². The second kappa shape index (κ2) is 4.82. The third-order valence-corrected chi connectivity index (χ3v) is 1.41. The number of hydrogen-bond donors (Lipinski definition) is 2. The van der Waals surface area contributed by atoms with Gasteiger partial charge in [-0.15, -0.1) is 0 Å². The Labute approximate surface area is 66.1 Å². The SMILES string of the molecule is OCC[NH2+]Cc1ccccn1. The molecule has 11 heavy (non-hydrogen) atoms. The van der Waals surface area contributed by atoms with E-state index in [0.717, 1.165) is 18.8 Å². The second-order valence-electron chi connectivity index (χ2n) is 2.33. The number of rotatable bonds is 4. The first-order valence-electron chi connectivity index (χ1n) is 3.76. The monoisotopic (exact) mass is 153 g/mol. The van der Waals surface area contributed by atoms with Crippen LogP contribution in [0.3, 0.4) is 0 Å². The molecule has 0 spiro atoms. The Hall–Kier alpha value is -0.930. The van der Waals surface area contributed by atoms with E-state index in [4.69, 9.17) is 5.11 Å². The van der Waals surface area contributed by atoms with Crippen molar-refractivity contribution in [3.05, 3.63) is 30.1 Å². The van der Waals surface area contributed by atoms with Gasteiger partial charge in [-0.1, -0.05) is 6.07 Å². The highest BCUT2D eigenvalue weighted by Crippen LogP contribution is 1.87. The van der Waals surface area contributed by atoms with Crippen LogP contribution in [0.15, 0.2) is 24.4 Å². The Bertz CT molecular complexity index is 189. The Balaban J connectivity index is 2.28. The van der Waals surface area contributed by atoms with Gasteiger partial charge in [0.25, 0.3) is 0 Å². The van der Waals surface area contributed by atoms with Crippen molar-refractivity contribution in [2.45, 2.75) is 6.54 Å². The van der Waals surface area contributed by atoms with Gasteiger partial charge in [0.15, 0.2) is 0 Å². The van der Waals surface area contributed by atoms with Gasteiger partial charge in [0.1, 0.15) is 6.54 Å². The maximum absolute atomic E-state index is 8.49. The lowest BCUT2D eigenvalue weighted by Gasteiger charge is -1.97. The highest BCUT2D eigenvalue weighted by molar-refractivity contribution is 5.01. The van der Waals surface area contributed by atoms with Crippen LogP contribution in [0.25, 0.3) is 0 Å². The first kappa shape index (κ1) is 8.17. The first-order valence-corrected chi connectivity index (χ1v) is 3.76. The molecule has 0 fully saturated rings. The van der Waals surface area contributed by atoms with Gasteiger partial charge >= 0.3 is 0 Å². The minimum absolute atomic E-state index is 0.229. The van der Waals surface area contributed by atoms with Gasteiger partial charge in [0, 0.05) is 6.20 Å². The average Bonchev–Trinajstić information content (AvgIpc) is 2.07. The molecule has 60 valence electrons. The highest BCUT2D eigenvalue weighted by Gasteiger charge is 1.92. The lowest BCUT2D eigenvalue weighted by atomic mass is 10.3. The predicted octanol–water partition coefficient (Wildman–Crippen LogP) is -0.863. The standard InChI is InChI=1S/C8H12N2O/c11-6-5-9-7-8-3-1-2-4-10-8/h1-4,9,11H,5-7H2/p+1. The first-order chi connectivity index (χ1) is 5.43. The second-order valence-corrected chi connectivity index (χ2v) is 2.33. The number of aromatic nitrogens is 1. The van der Waals surface area contributed by atoms with Crippen molar-refractivity contribution in [2.75, 3.05) is 13.2 Å². The van der Waals surface area contributed by atoms with Gasteiger partial charge in [-0.3, -0.25) is 4.98 Å². The van der Waals surface area contributed by atoms with Crippen molar-refractivity contribution < 1.29 is 10.4 Å². The normalized spacial score (nSPS) is 9.91. The minimum atomic E-state index is 0.229. The molecule has 0 aliphatic carbocycles. The van der Waals surface area contributed by atoms with Gasteiger partial charge in [-0.2, -0.15) is 0 Å². The van der Waals surface area contributed by atoms with E-state index in [1.54, 1.807) is 6.20 Å². The Morgan fingerprint density at radius 1 is 1.45 bits per heavy atom. The van der Waals surface area contributed by atoms with Crippen LogP contribution in [0.4, 0.5) is 0 Å². The number of hydrogen-bond acceptors (Lipinski definition) is 2. The molecule has 0 unspecified atom stereocenters. The topological polar surface area (TPSA) is 49.7 Å². The molecule has 0 bridgehead atoms. The van der Waals surface area contributed by atoms with Gasteiger partial charge in [-0.25, -0.2) is 0 Å². The molecular weight excluding hydrogens is 140 g/mol. The fourth-order valence-corrected chi connectivity index (χ4v) is 0.860. The summed E-state index contributed by atoms with van der Waals surface area (Å²) in [6.07, 6.45) is 1.78. The smallest absolute Gasteiger partial charge is 0.119 e. The van der Waals surface area contributed by atoms with Crippen molar-refractivity contribution in [1.29, 1.82) is 0 Å². The number of aliphatic hydroxyl groups is 1. The zero-order valence-electron chi connectivity index (χ0n) is 6.40. The molecule has 0 amide bonds. The lowest BCUT2D eigenvalue weighted by molar-refractivity contribution is -0.672. The van der Waals surface area contributed by atoms with Crippen LogP contribution < -0.4 is 5.32 Å². The maximum atomic E-state index is 8.49. The summed E-state index contributed by atoms with van der Waals surface area (Å²) in [7, 11) is 0. The van der Waals surface area contributed by atoms with E-state index in [0.29, 0.717) is 0 Å². The van der Waals surface area contributed by atoms with Crippen LogP contribution in [-0.2, 0) is 6.54 Å². The van der Waals surface area contributed by atoms with Gasteiger partial charge in [-0.05, 0) is 12.1 Å². The number of nitrogens with zero attached hydrogens (tertiary/aromatic N) is 1. The van der Waals surface area contributed by atoms with Crippen LogP contribution in [0.2, 0.25) is 0 Å². The van der Waals surface area contributed by atoms with E-state index in [9.17, 15) is 0 Å². The molecule has 3 nitrogen and oxygen atoms in total. The average molecular weight is 153 g/mol. The van der Waals surface area contributed by atoms with E-state index in [1.807, 2.05) is 23.5 Å². The molecule has 0 aliphatic rings. The minimum Gasteiger partial charge on any atom is -0.391 e. The summed E-state index contributed by atoms with van der Waals surface area (Å²) >= 11 is 0. The summed E-state index contributed by atoms with van der Waals surface area (Å²) in [4.78, 5) is 4.14. The Morgan fingerprint density at radius 2 is 2.36 bits per heavy atom. The largest absolute Gasteiger partial charge is 0.391 e. The van der Waals surface area contributed by atoms with E-state index in [-0.39, 0.29) is 6.61 Å². The molecule has 3 N–H and O–H groups in total. The van der Waals surface area contributed by atoms with Crippen LogP contribution in [-0.4, -0.2) is 23.2 Å². The van der Waals surface area contributed by atoms with Crippen LogP contribution in [0.5, 0.6) is 0 Å². The molecule has 1 rings (SSSR count). The molecule has 0 aromatic carbocycles. The summed E-state index contributed by atoms with van der Waals surface area (Å²) in [5.41, 5.74) is 1.06. The van der Waals surface area contributed by atoms with Crippen molar-refractivity contribution >= 4 is 0 Å². The third-order valence-electron chi connectivity index (χ3n) is 1.41. The van der Waals surface area contributed by atoms with Crippen molar-refractivity contribution in [2.24, 2.45) is 0 Å². The molecule has 0 saturated heterocycles. The molecule has 0 saturated carbocycles. The summed E-state index contributed by atoms with van der Waals surface area (Å²) < 4.78 is 0. The van der Waals surface area contributed by atoms with E-state index in [1.165, 1.54) is 0 Å². The van der Waals surface area contributed by atoms with Crippen LogP contribution >= 0.6 is 0 Å². The summed E-state index contributed by atoms with van der Waals surface area (Å²) in [5, 5.41) is 10.5. The van der Waals surface area contributed by atoms with Crippen molar-refractivity contribution in [3.63, 3.8) is 0 Å². The third kappa shape index (κ3) is 3.11. The molecule has 0 atom stereocenters. The fraction of sp³-hybridized carbons (Fsp3) is 0.375. The van der Waals surface area contributed by atoms with Gasteiger partial charge in [0.2, 0.25) is 0 Å². The molecule has 1 aromatic rings. The summed E-state index contributed by atoms with van der Waals surface area (Å²) in [5.74, 6) is 0. The Morgan fingerprint density at radius 3 is 3.00 bits per heavy atom. The highest BCUT2D eigenvalue weighted by atomic mass is 16.3. The van der Waals surface area contributed by atoms with E-state index < -0.39 is 0 Å². The van der Waals surface area contributed by atoms with Crippen molar-refractivity contribution in [3.8, 4) is 0 Å². The molecule has 0 radical (unpaired) electrons. The zero-order chi connectivity index (χ0) is 7.94. The molecule has 0 aliphatic heterocycles. The molecular formula is C8H13N2O+. The number of pyridine rings is 1. The molecule has 1 aromatic heterocycles. The van der Waals surface area contributed by atoms with Gasteiger partial charge < -0.3 is 10.4 Å². The summed E-state index contributed by atoms with van der Waals surface area (Å²) in [6.45, 7) is 1.82. The molecule has 3 heteroatoms. The van der Waals surface area contributed by atoms with Gasteiger partial charge in [0.05, 0.1) is 18.8 Å². The van der Waals surface area contributed by atoms with E-state index >= 15 is 0 Å². The van der Waals surface area contributed by atoms with E-state index in [2.05, 4.69) is 4.98 Å².